The Bertz CT molecular complexity index is 780. The van der Waals surface area contributed by atoms with E-state index in [4.69, 9.17) is 5.26 Å². The fraction of sp³-hybridized carbons (Fsp3) is 0.176. The molecule has 1 atom stereocenters. The molecular formula is C17H15N3. The molecule has 0 saturated carbocycles. The van der Waals surface area contributed by atoms with Crippen molar-refractivity contribution in [2.45, 2.75) is 19.3 Å². The molecule has 0 aliphatic rings. The lowest BCUT2D eigenvalue weighted by molar-refractivity contribution is 0.766. The van der Waals surface area contributed by atoms with E-state index >= 15 is 0 Å². The van der Waals surface area contributed by atoms with Gasteiger partial charge in [-0.2, -0.15) is 5.26 Å². The van der Waals surface area contributed by atoms with Crippen molar-refractivity contribution in [2.24, 2.45) is 0 Å². The first-order valence-electron chi connectivity index (χ1n) is 6.75. The van der Waals surface area contributed by atoms with Crippen LogP contribution in [0.15, 0.2) is 48.7 Å². The van der Waals surface area contributed by atoms with Gasteiger partial charge in [-0.05, 0) is 23.3 Å². The van der Waals surface area contributed by atoms with Gasteiger partial charge in [0.1, 0.15) is 11.7 Å². The first kappa shape index (κ1) is 12.4. The monoisotopic (exact) mass is 261 g/mol. The molecule has 3 aromatic rings. The van der Waals surface area contributed by atoms with Crippen LogP contribution >= 0.6 is 0 Å². The number of hydrogen-bond acceptors (Lipinski definition) is 2. The Labute approximate surface area is 117 Å². The third-order valence-electron chi connectivity index (χ3n) is 3.55. The molecule has 1 heterocycles. The Morgan fingerprint density at radius 3 is 2.75 bits per heavy atom. The lowest BCUT2D eigenvalue weighted by Gasteiger charge is -2.03. The smallest absolute Gasteiger partial charge is 0.123 e. The number of rotatable bonds is 3. The van der Waals surface area contributed by atoms with Crippen LogP contribution in [0.5, 0.6) is 0 Å². The highest BCUT2D eigenvalue weighted by atomic mass is 14.9. The number of aromatic amines is 1. The van der Waals surface area contributed by atoms with E-state index in [9.17, 15) is 0 Å². The first-order chi connectivity index (χ1) is 9.81. The van der Waals surface area contributed by atoms with Crippen LogP contribution in [0.25, 0.3) is 22.0 Å². The van der Waals surface area contributed by atoms with E-state index in [0.29, 0.717) is 0 Å². The molecule has 0 aliphatic heterocycles. The van der Waals surface area contributed by atoms with Gasteiger partial charge < -0.3 is 4.98 Å². The summed E-state index contributed by atoms with van der Waals surface area (Å²) in [6.45, 7) is 1.99. The molecule has 3 nitrogen and oxygen atoms in total. The number of H-pyrrole nitrogens is 1. The zero-order valence-corrected chi connectivity index (χ0v) is 11.3. The SMILES string of the molecule is CCC(C#N)c1ncc(-c2ccc3ccccc3c2)[nH]1. The number of hydrogen-bond donors (Lipinski definition) is 1. The Morgan fingerprint density at radius 2 is 2.00 bits per heavy atom. The van der Waals surface area contributed by atoms with Crippen molar-refractivity contribution in [1.29, 1.82) is 5.26 Å². The summed E-state index contributed by atoms with van der Waals surface area (Å²) in [6.07, 6.45) is 2.57. The number of fused-ring (bicyclic) bond motifs is 1. The number of nitrogens with one attached hydrogen (secondary N) is 1. The van der Waals surface area contributed by atoms with Crippen LogP contribution in [0, 0.1) is 11.3 Å². The van der Waals surface area contributed by atoms with E-state index in [-0.39, 0.29) is 5.92 Å². The average molecular weight is 261 g/mol. The summed E-state index contributed by atoms with van der Waals surface area (Å²) < 4.78 is 0. The predicted octanol–water partition coefficient (Wildman–Crippen LogP) is 4.25. The van der Waals surface area contributed by atoms with Gasteiger partial charge >= 0.3 is 0 Å². The molecule has 0 radical (unpaired) electrons. The fourth-order valence-electron chi connectivity index (χ4n) is 2.36. The first-order valence-corrected chi connectivity index (χ1v) is 6.75. The number of nitrogens with zero attached hydrogens (tertiary/aromatic N) is 2. The minimum atomic E-state index is -0.163. The summed E-state index contributed by atoms with van der Waals surface area (Å²) in [5, 5.41) is 11.5. The van der Waals surface area contributed by atoms with E-state index in [1.807, 2.05) is 19.1 Å². The largest absolute Gasteiger partial charge is 0.341 e. The quantitative estimate of drug-likeness (QED) is 0.766. The third-order valence-corrected chi connectivity index (χ3v) is 3.55. The van der Waals surface area contributed by atoms with Crippen molar-refractivity contribution in [1.82, 2.24) is 9.97 Å². The van der Waals surface area contributed by atoms with Gasteiger partial charge in [-0.25, -0.2) is 4.98 Å². The normalized spacial score (nSPS) is 12.2. The second-order valence-electron chi connectivity index (χ2n) is 4.83. The highest BCUT2D eigenvalue weighted by Crippen LogP contribution is 2.25. The van der Waals surface area contributed by atoms with Gasteiger partial charge in [-0.3, -0.25) is 0 Å². The van der Waals surface area contributed by atoms with Crippen LogP contribution in [0.4, 0.5) is 0 Å². The Kier molecular flexibility index (Phi) is 3.22. The highest BCUT2D eigenvalue weighted by Gasteiger charge is 2.12. The third kappa shape index (κ3) is 2.17. The molecule has 20 heavy (non-hydrogen) atoms. The topological polar surface area (TPSA) is 52.5 Å². The van der Waals surface area contributed by atoms with E-state index < -0.39 is 0 Å². The van der Waals surface area contributed by atoms with E-state index in [1.165, 1.54) is 10.8 Å². The van der Waals surface area contributed by atoms with E-state index in [2.05, 4.69) is 46.4 Å². The van der Waals surface area contributed by atoms with Crippen molar-refractivity contribution in [3.05, 3.63) is 54.5 Å². The van der Waals surface area contributed by atoms with Crippen molar-refractivity contribution in [3.63, 3.8) is 0 Å². The highest BCUT2D eigenvalue weighted by molar-refractivity contribution is 5.86. The van der Waals surface area contributed by atoms with Gasteiger partial charge in [-0.1, -0.05) is 43.3 Å². The zero-order chi connectivity index (χ0) is 13.9. The molecule has 0 fully saturated rings. The molecule has 1 unspecified atom stereocenters. The predicted molar refractivity (Wildman–Crippen MR) is 80.2 cm³/mol. The van der Waals surface area contributed by atoms with Gasteiger partial charge in [0.15, 0.2) is 0 Å². The summed E-state index contributed by atoms with van der Waals surface area (Å²) in [5.74, 6) is 0.586. The fourth-order valence-corrected chi connectivity index (χ4v) is 2.36. The molecule has 0 spiro atoms. The molecule has 1 aromatic heterocycles. The molecular weight excluding hydrogens is 246 g/mol. The molecule has 1 N–H and O–H groups in total. The van der Waals surface area contributed by atoms with Crippen molar-refractivity contribution in [3.8, 4) is 17.3 Å². The maximum absolute atomic E-state index is 9.09. The molecule has 3 rings (SSSR count). The summed E-state index contributed by atoms with van der Waals surface area (Å²) in [5.41, 5.74) is 2.05. The van der Waals surface area contributed by atoms with Crippen LogP contribution in [-0.4, -0.2) is 9.97 Å². The maximum atomic E-state index is 9.09. The van der Waals surface area contributed by atoms with Crippen LogP contribution in [0.3, 0.4) is 0 Å². The Hall–Kier alpha value is -2.60. The van der Waals surface area contributed by atoms with Gasteiger partial charge in [0.25, 0.3) is 0 Å². The molecule has 3 heteroatoms. The van der Waals surface area contributed by atoms with Gasteiger partial charge in [0.05, 0.1) is 18.0 Å². The summed E-state index contributed by atoms with van der Waals surface area (Å²) in [4.78, 5) is 7.60. The number of aromatic nitrogens is 2. The second-order valence-corrected chi connectivity index (χ2v) is 4.83. The van der Waals surface area contributed by atoms with Crippen molar-refractivity contribution >= 4 is 10.8 Å². The van der Waals surface area contributed by atoms with Crippen LogP contribution in [-0.2, 0) is 0 Å². The Morgan fingerprint density at radius 1 is 1.20 bits per heavy atom. The molecule has 2 aromatic carbocycles. The van der Waals surface area contributed by atoms with Crippen LogP contribution in [0.1, 0.15) is 25.1 Å². The zero-order valence-electron chi connectivity index (χ0n) is 11.3. The average Bonchev–Trinajstić information content (AvgIpc) is 2.98. The number of benzene rings is 2. The minimum Gasteiger partial charge on any atom is -0.341 e. The molecule has 0 amide bonds. The number of nitriles is 1. The molecule has 98 valence electrons. The maximum Gasteiger partial charge on any atom is 0.123 e. The lowest BCUT2D eigenvalue weighted by atomic mass is 10.1. The summed E-state index contributed by atoms with van der Waals surface area (Å²) in [7, 11) is 0. The van der Waals surface area contributed by atoms with Crippen LogP contribution in [0.2, 0.25) is 0 Å². The summed E-state index contributed by atoms with van der Waals surface area (Å²) in [6, 6.07) is 16.9. The summed E-state index contributed by atoms with van der Waals surface area (Å²) >= 11 is 0. The van der Waals surface area contributed by atoms with Crippen LogP contribution < -0.4 is 0 Å². The second kappa shape index (κ2) is 5.18. The molecule has 0 aliphatic carbocycles. The molecule has 0 bridgehead atoms. The van der Waals surface area contributed by atoms with E-state index in [1.54, 1.807) is 6.20 Å². The minimum absolute atomic E-state index is 0.163. The lowest BCUT2D eigenvalue weighted by Crippen LogP contribution is -1.95. The number of imidazole rings is 1. The van der Waals surface area contributed by atoms with Crippen molar-refractivity contribution in [2.75, 3.05) is 0 Å². The van der Waals surface area contributed by atoms with Crippen molar-refractivity contribution < 1.29 is 0 Å². The molecule has 0 saturated heterocycles. The Balaban J connectivity index is 2.01. The van der Waals surface area contributed by atoms with Gasteiger partial charge in [-0.15, -0.1) is 0 Å². The van der Waals surface area contributed by atoms with Gasteiger partial charge in [0, 0.05) is 5.56 Å². The standard InChI is InChI=1S/C17H15N3/c1-2-12(10-18)17-19-11-16(20-17)15-8-7-13-5-3-4-6-14(13)9-15/h3-9,11-12H,2H2,1H3,(H,19,20). The van der Waals surface area contributed by atoms with Gasteiger partial charge in [0.2, 0.25) is 0 Å². The van der Waals surface area contributed by atoms with E-state index in [0.717, 1.165) is 23.5 Å².